The number of hydrogen-bond donors (Lipinski definition) is 2. The minimum atomic E-state index is -0.840. The van der Waals surface area contributed by atoms with E-state index in [4.69, 9.17) is 0 Å². The second-order valence-electron chi connectivity index (χ2n) is 2.97. The molecular weight excluding hydrogens is 172 g/mol. The number of esters is 1. The lowest BCUT2D eigenvalue weighted by Crippen LogP contribution is -2.50. The maximum absolute atomic E-state index is 11.0. The SMILES string of the molecule is COC(=O)C(=O)NC1CCCCN1. The Labute approximate surface area is 76.8 Å². The molecule has 1 amide bonds. The molecular formula is C8H14N2O3. The molecule has 1 unspecified atom stereocenters. The van der Waals surface area contributed by atoms with E-state index in [9.17, 15) is 9.59 Å². The van der Waals surface area contributed by atoms with E-state index in [1.54, 1.807) is 0 Å². The number of carbonyl (C=O) groups is 2. The fourth-order valence-electron chi connectivity index (χ4n) is 1.28. The summed E-state index contributed by atoms with van der Waals surface area (Å²) in [6.07, 6.45) is 2.97. The van der Waals surface area contributed by atoms with Gasteiger partial charge in [0.15, 0.2) is 0 Å². The van der Waals surface area contributed by atoms with Gasteiger partial charge in [0, 0.05) is 0 Å². The highest BCUT2D eigenvalue weighted by molar-refractivity contribution is 6.32. The van der Waals surface area contributed by atoms with Crippen molar-refractivity contribution in [3.8, 4) is 0 Å². The molecule has 1 rings (SSSR count). The Balaban J connectivity index is 2.30. The summed E-state index contributed by atoms with van der Waals surface area (Å²) in [5.74, 6) is -1.52. The zero-order chi connectivity index (χ0) is 9.68. The summed E-state index contributed by atoms with van der Waals surface area (Å²) in [6, 6.07) is 0. The summed E-state index contributed by atoms with van der Waals surface area (Å²) in [5, 5.41) is 5.63. The van der Waals surface area contributed by atoms with E-state index >= 15 is 0 Å². The Morgan fingerprint density at radius 1 is 1.46 bits per heavy atom. The van der Waals surface area contributed by atoms with Gasteiger partial charge in [0.25, 0.3) is 0 Å². The summed E-state index contributed by atoms with van der Waals surface area (Å²) in [4.78, 5) is 21.7. The predicted octanol–water partition coefficient (Wildman–Crippen LogP) is -0.625. The number of nitrogens with one attached hydrogen (secondary N) is 2. The van der Waals surface area contributed by atoms with Crippen molar-refractivity contribution in [3.63, 3.8) is 0 Å². The van der Waals surface area contributed by atoms with Gasteiger partial charge >= 0.3 is 11.9 Å². The topological polar surface area (TPSA) is 67.4 Å². The summed E-state index contributed by atoms with van der Waals surface area (Å²) >= 11 is 0. The van der Waals surface area contributed by atoms with Gasteiger partial charge in [0.2, 0.25) is 0 Å². The van der Waals surface area contributed by atoms with Crippen LogP contribution in [0.1, 0.15) is 19.3 Å². The van der Waals surface area contributed by atoms with E-state index in [1.807, 2.05) is 0 Å². The Hall–Kier alpha value is -1.10. The van der Waals surface area contributed by atoms with E-state index < -0.39 is 11.9 Å². The zero-order valence-corrected chi connectivity index (χ0v) is 7.63. The third-order valence-corrected chi connectivity index (χ3v) is 1.99. The molecule has 1 heterocycles. The van der Waals surface area contributed by atoms with E-state index in [-0.39, 0.29) is 6.17 Å². The van der Waals surface area contributed by atoms with Crippen molar-refractivity contribution in [2.24, 2.45) is 0 Å². The minimum Gasteiger partial charge on any atom is -0.462 e. The zero-order valence-electron chi connectivity index (χ0n) is 7.63. The molecule has 2 N–H and O–H groups in total. The second-order valence-corrected chi connectivity index (χ2v) is 2.97. The van der Waals surface area contributed by atoms with E-state index in [0.29, 0.717) is 0 Å². The van der Waals surface area contributed by atoms with Crippen LogP contribution in [0.3, 0.4) is 0 Å². The largest absolute Gasteiger partial charge is 0.462 e. The average Bonchev–Trinajstić information content (AvgIpc) is 2.18. The highest BCUT2D eigenvalue weighted by atomic mass is 16.5. The standard InChI is InChI=1S/C8H14N2O3/c1-13-8(12)7(11)10-6-4-2-3-5-9-6/h6,9H,2-5H2,1H3,(H,10,11). The van der Waals surface area contributed by atoms with Gasteiger partial charge < -0.3 is 10.1 Å². The van der Waals surface area contributed by atoms with Gasteiger partial charge in [0.05, 0.1) is 13.3 Å². The first-order chi connectivity index (χ1) is 6.24. The monoisotopic (exact) mass is 186 g/mol. The van der Waals surface area contributed by atoms with Crippen molar-refractivity contribution in [1.29, 1.82) is 0 Å². The van der Waals surface area contributed by atoms with Crippen molar-refractivity contribution >= 4 is 11.9 Å². The Bertz CT molecular complexity index is 200. The molecule has 13 heavy (non-hydrogen) atoms. The van der Waals surface area contributed by atoms with Crippen molar-refractivity contribution < 1.29 is 14.3 Å². The van der Waals surface area contributed by atoms with Crippen LogP contribution in [0, 0.1) is 0 Å². The minimum absolute atomic E-state index is 0.0830. The Kier molecular flexibility index (Phi) is 3.70. The van der Waals surface area contributed by atoms with Crippen molar-refractivity contribution in [2.75, 3.05) is 13.7 Å². The molecule has 0 bridgehead atoms. The molecule has 74 valence electrons. The van der Waals surface area contributed by atoms with Crippen LogP contribution in [0.2, 0.25) is 0 Å². The molecule has 0 saturated carbocycles. The molecule has 5 heteroatoms. The average molecular weight is 186 g/mol. The van der Waals surface area contributed by atoms with Crippen molar-refractivity contribution in [1.82, 2.24) is 10.6 Å². The first-order valence-electron chi connectivity index (χ1n) is 4.36. The molecule has 1 aliphatic heterocycles. The van der Waals surface area contributed by atoms with E-state index in [2.05, 4.69) is 15.4 Å². The molecule has 0 aromatic heterocycles. The third-order valence-electron chi connectivity index (χ3n) is 1.99. The van der Waals surface area contributed by atoms with Crippen LogP contribution in [-0.2, 0) is 14.3 Å². The molecule has 0 spiro atoms. The van der Waals surface area contributed by atoms with Gasteiger partial charge in [-0.1, -0.05) is 0 Å². The number of ether oxygens (including phenoxy) is 1. The number of methoxy groups -OCH3 is 1. The van der Waals surface area contributed by atoms with Crippen molar-refractivity contribution in [3.05, 3.63) is 0 Å². The molecule has 1 aliphatic rings. The molecule has 5 nitrogen and oxygen atoms in total. The first-order valence-corrected chi connectivity index (χ1v) is 4.36. The summed E-state index contributed by atoms with van der Waals surface area (Å²) < 4.78 is 4.27. The van der Waals surface area contributed by atoms with E-state index in [0.717, 1.165) is 25.8 Å². The first kappa shape index (κ1) is 9.98. The number of carbonyl (C=O) groups excluding carboxylic acids is 2. The highest BCUT2D eigenvalue weighted by Crippen LogP contribution is 2.03. The highest BCUT2D eigenvalue weighted by Gasteiger charge is 2.19. The normalized spacial score (nSPS) is 22.1. The van der Waals surface area contributed by atoms with Gasteiger partial charge in [-0.3, -0.25) is 10.1 Å². The molecule has 0 aromatic rings. The number of rotatable bonds is 1. The Morgan fingerprint density at radius 3 is 2.77 bits per heavy atom. The smallest absolute Gasteiger partial charge is 0.396 e. The quantitative estimate of drug-likeness (QED) is 0.423. The molecule has 1 fully saturated rings. The van der Waals surface area contributed by atoms with Gasteiger partial charge in [-0.25, -0.2) is 4.79 Å². The van der Waals surface area contributed by atoms with Crippen LogP contribution >= 0.6 is 0 Å². The maximum Gasteiger partial charge on any atom is 0.396 e. The van der Waals surface area contributed by atoms with Crippen molar-refractivity contribution in [2.45, 2.75) is 25.4 Å². The fraction of sp³-hybridized carbons (Fsp3) is 0.750. The lowest BCUT2D eigenvalue weighted by Gasteiger charge is -2.23. The summed E-state index contributed by atoms with van der Waals surface area (Å²) in [7, 11) is 1.19. The lowest BCUT2D eigenvalue weighted by molar-refractivity contribution is -0.153. The number of hydrogen-bond acceptors (Lipinski definition) is 4. The van der Waals surface area contributed by atoms with Gasteiger partial charge in [-0.15, -0.1) is 0 Å². The van der Waals surface area contributed by atoms with Crippen LogP contribution in [-0.4, -0.2) is 31.7 Å². The lowest BCUT2D eigenvalue weighted by atomic mass is 10.1. The van der Waals surface area contributed by atoms with Crippen LogP contribution < -0.4 is 10.6 Å². The third kappa shape index (κ3) is 3.02. The van der Waals surface area contributed by atoms with E-state index in [1.165, 1.54) is 7.11 Å². The Morgan fingerprint density at radius 2 is 2.23 bits per heavy atom. The van der Waals surface area contributed by atoms with Gasteiger partial charge in [-0.05, 0) is 25.8 Å². The molecule has 0 aromatic carbocycles. The van der Waals surface area contributed by atoms with Gasteiger partial charge in [0.1, 0.15) is 0 Å². The molecule has 0 aliphatic carbocycles. The fourth-order valence-corrected chi connectivity index (χ4v) is 1.28. The molecule has 1 atom stereocenters. The summed E-state index contributed by atoms with van der Waals surface area (Å²) in [5.41, 5.74) is 0. The maximum atomic E-state index is 11.0. The second kappa shape index (κ2) is 4.81. The molecule has 0 radical (unpaired) electrons. The number of piperidine rings is 1. The predicted molar refractivity (Wildman–Crippen MR) is 45.8 cm³/mol. The molecule has 1 saturated heterocycles. The van der Waals surface area contributed by atoms with Crippen LogP contribution in [0.4, 0.5) is 0 Å². The van der Waals surface area contributed by atoms with Gasteiger partial charge in [-0.2, -0.15) is 0 Å². The van der Waals surface area contributed by atoms with Crippen LogP contribution in [0.15, 0.2) is 0 Å². The number of amides is 1. The summed E-state index contributed by atoms with van der Waals surface area (Å²) in [6.45, 7) is 0.881. The van der Waals surface area contributed by atoms with Crippen LogP contribution in [0.25, 0.3) is 0 Å². The van der Waals surface area contributed by atoms with Crippen LogP contribution in [0.5, 0.6) is 0 Å².